The first-order chi connectivity index (χ1) is 6.50. The fourth-order valence-electron chi connectivity index (χ4n) is 2.10. The largest absolute Gasteiger partial charge is 0.374 e. The summed E-state index contributed by atoms with van der Waals surface area (Å²) < 4.78 is 0. The van der Waals surface area contributed by atoms with E-state index >= 15 is 0 Å². The number of hydrogen-bond donors (Lipinski definition) is 1. The molecule has 76 valence electrons. The predicted molar refractivity (Wildman–Crippen MR) is 60.6 cm³/mol. The van der Waals surface area contributed by atoms with Crippen LogP contribution in [0, 0.1) is 6.92 Å². The van der Waals surface area contributed by atoms with E-state index in [0.717, 1.165) is 13.0 Å². The molecule has 2 rings (SSSR count). The van der Waals surface area contributed by atoms with Gasteiger partial charge in [0.05, 0.1) is 0 Å². The lowest BCUT2D eigenvalue weighted by atomic mass is 9.84. The van der Waals surface area contributed by atoms with Gasteiger partial charge in [0.15, 0.2) is 0 Å². The molecule has 2 heteroatoms. The van der Waals surface area contributed by atoms with Crippen LogP contribution in [0.5, 0.6) is 0 Å². The summed E-state index contributed by atoms with van der Waals surface area (Å²) in [6, 6.07) is 6.54. The summed E-state index contributed by atoms with van der Waals surface area (Å²) in [6.45, 7) is 5.28. The van der Waals surface area contributed by atoms with Crippen molar-refractivity contribution in [3.63, 3.8) is 0 Å². The van der Waals surface area contributed by atoms with Gasteiger partial charge in [-0.2, -0.15) is 0 Å². The van der Waals surface area contributed by atoms with Gasteiger partial charge in [0.1, 0.15) is 0 Å². The highest BCUT2D eigenvalue weighted by molar-refractivity contribution is 5.59. The van der Waals surface area contributed by atoms with Gasteiger partial charge >= 0.3 is 0 Å². The molecule has 1 heterocycles. The lowest BCUT2D eigenvalue weighted by Crippen LogP contribution is -2.42. The van der Waals surface area contributed by atoms with Crippen molar-refractivity contribution in [2.24, 2.45) is 5.73 Å². The maximum absolute atomic E-state index is 6.29. The molecule has 0 saturated heterocycles. The molecule has 0 saturated carbocycles. The van der Waals surface area contributed by atoms with Gasteiger partial charge in [-0.3, -0.25) is 0 Å². The van der Waals surface area contributed by atoms with Gasteiger partial charge in [-0.25, -0.2) is 0 Å². The van der Waals surface area contributed by atoms with Crippen molar-refractivity contribution in [3.8, 4) is 0 Å². The van der Waals surface area contributed by atoms with E-state index in [-0.39, 0.29) is 5.54 Å². The molecular formula is C12H18N2. The molecule has 2 nitrogen and oxygen atoms in total. The minimum absolute atomic E-state index is 0.159. The van der Waals surface area contributed by atoms with E-state index in [1.807, 2.05) is 0 Å². The SMILES string of the molecule is Cc1ccc2c(c1)C(C)(N)CCN2C. The Morgan fingerprint density at radius 1 is 1.43 bits per heavy atom. The Balaban J connectivity index is 2.58. The Kier molecular flexibility index (Phi) is 2.04. The van der Waals surface area contributed by atoms with Crippen LogP contribution in [0.1, 0.15) is 24.5 Å². The number of aryl methyl sites for hydroxylation is 1. The molecule has 0 aliphatic carbocycles. The van der Waals surface area contributed by atoms with Crippen LogP contribution in [0.4, 0.5) is 5.69 Å². The zero-order valence-electron chi connectivity index (χ0n) is 9.17. The standard InChI is InChI=1S/C12H18N2/c1-9-4-5-11-10(8-9)12(2,13)6-7-14(11)3/h4-5,8H,6-7,13H2,1-3H3. The van der Waals surface area contributed by atoms with Crippen LogP contribution in [0.3, 0.4) is 0 Å². The molecule has 0 aromatic heterocycles. The molecule has 1 aromatic carbocycles. The van der Waals surface area contributed by atoms with Gasteiger partial charge < -0.3 is 10.6 Å². The van der Waals surface area contributed by atoms with Gasteiger partial charge in [-0.1, -0.05) is 17.7 Å². The Morgan fingerprint density at radius 2 is 2.14 bits per heavy atom. The van der Waals surface area contributed by atoms with Gasteiger partial charge in [0.2, 0.25) is 0 Å². The van der Waals surface area contributed by atoms with Gasteiger partial charge in [-0.15, -0.1) is 0 Å². The Labute approximate surface area is 85.7 Å². The van der Waals surface area contributed by atoms with Crippen LogP contribution in [-0.2, 0) is 5.54 Å². The van der Waals surface area contributed by atoms with Gasteiger partial charge in [0, 0.05) is 24.8 Å². The number of fused-ring (bicyclic) bond motifs is 1. The second kappa shape index (κ2) is 2.99. The zero-order chi connectivity index (χ0) is 10.3. The number of nitrogens with zero attached hydrogens (tertiary/aromatic N) is 1. The molecule has 1 aliphatic heterocycles. The average molecular weight is 190 g/mol. The number of hydrogen-bond acceptors (Lipinski definition) is 2. The summed E-state index contributed by atoms with van der Waals surface area (Å²) in [5, 5.41) is 0. The molecule has 1 aliphatic rings. The van der Waals surface area contributed by atoms with E-state index in [4.69, 9.17) is 5.73 Å². The first-order valence-electron chi connectivity index (χ1n) is 5.12. The summed E-state index contributed by atoms with van der Waals surface area (Å²) in [5.41, 5.74) is 9.99. The maximum atomic E-state index is 6.29. The van der Waals surface area contributed by atoms with E-state index in [9.17, 15) is 0 Å². The summed E-state index contributed by atoms with van der Waals surface area (Å²) >= 11 is 0. The predicted octanol–water partition coefficient (Wildman–Crippen LogP) is 2.01. The first-order valence-corrected chi connectivity index (χ1v) is 5.12. The normalized spacial score (nSPS) is 26.1. The third-order valence-corrected chi connectivity index (χ3v) is 3.15. The molecule has 0 radical (unpaired) electrons. The van der Waals surface area contributed by atoms with E-state index < -0.39 is 0 Å². The number of benzene rings is 1. The van der Waals surface area contributed by atoms with Crippen molar-refractivity contribution >= 4 is 5.69 Å². The van der Waals surface area contributed by atoms with E-state index in [1.165, 1.54) is 16.8 Å². The third-order valence-electron chi connectivity index (χ3n) is 3.15. The molecule has 14 heavy (non-hydrogen) atoms. The molecule has 0 fully saturated rings. The number of nitrogens with two attached hydrogens (primary N) is 1. The molecule has 0 bridgehead atoms. The smallest absolute Gasteiger partial charge is 0.0418 e. The fraction of sp³-hybridized carbons (Fsp3) is 0.500. The van der Waals surface area contributed by atoms with Crippen molar-refractivity contribution in [2.45, 2.75) is 25.8 Å². The Morgan fingerprint density at radius 3 is 2.86 bits per heavy atom. The highest BCUT2D eigenvalue weighted by Crippen LogP contribution is 2.35. The second-order valence-corrected chi connectivity index (χ2v) is 4.61. The highest BCUT2D eigenvalue weighted by Gasteiger charge is 2.29. The van der Waals surface area contributed by atoms with Crippen LogP contribution < -0.4 is 10.6 Å². The average Bonchev–Trinajstić information content (AvgIpc) is 2.12. The molecule has 2 N–H and O–H groups in total. The van der Waals surface area contributed by atoms with Crippen LogP contribution in [-0.4, -0.2) is 13.6 Å². The van der Waals surface area contributed by atoms with Crippen LogP contribution in [0.15, 0.2) is 18.2 Å². The Bertz CT molecular complexity index is 355. The first kappa shape index (κ1) is 9.53. The highest BCUT2D eigenvalue weighted by atomic mass is 15.1. The lowest BCUT2D eigenvalue weighted by Gasteiger charge is -2.38. The fourth-order valence-corrected chi connectivity index (χ4v) is 2.10. The zero-order valence-corrected chi connectivity index (χ0v) is 9.17. The molecule has 0 spiro atoms. The quantitative estimate of drug-likeness (QED) is 0.678. The summed E-state index contributed by atoms with van der Waals surface area (Å²) in [7, 11) is 2.13. The summed E-state index contributed by atoms with van der Waals surface area (Å²) in [5.74, 6) is 0. The minimum Gasteiger partial charge on any atom is -0.374 e. The van der Waals surface area contributed by atoms with Crippen molar-refractivity contribution in [3.05, 3.63) is 29.3 Å². The van der Waals surface area contributed by atoms with E-state index in [1.54, 1.807) is 0 Å². The van der Waals surface area contributed by atoms with E-state index in [0.29, 0.717) is 0 Å². The number of anilines is 1. The topological polar surface area (TPSA) is 29.3 Å². The molecule has 1 aromatic rings. The third kappa shape index (κ3) is 1.40. The number of rotatable bonds is 0. The Hall–Kier alpha value is -1.02. The second-order valence-electron chi connectivity index (χ2n) is 4.61. The molecular weight excluding hydrogens is 172 g/mol. The minimum atomic E-state index is -0.159. The van der Waals surface area contributed by atoms with Gasteiger partial charge in [0.25, 0.3) is 0 Å². The van der Waals surface area contributed by atoms with Crippen molar-refractivity contribution < 1.29 is 0 Å². The lowest BCUT2D eigenvalue weighted by molar-refractivity contribution is 0.437. The molecule has 1 unspecified atom stereocenters. The van der Waals surface area contributed by atoms with Crippen LogP contribution >= 0.6 is 0 Å². The van der Waals surface area contributed by atoms with Crippen LogP contribution in [0.25, 0.3) is 0 Å². The maximum Gasteiger partial charge on any atom is 0.0418 e. The van der Waals surface area contributed by atoms with Crippen molar-refractivity contribution in [1.29, 1.82) is 0 Å². The summed E-state index contributed by atoms with van der Waals surface area (Å²) in [4.78, 5) is 2.28. The molecule has 1 atom stereocenters. The van der Waals surface area contributed by atoms with Crippen molar-refractivity contribution in [1.82, 2.24) is 0 Å². The van der Waals surface area contributed by atoms with E-state index in [2.05, 4.69) is 44.0 Å². The monoisotopic (exact) mass is 190 g/mol. The van der Waals surface area contributed by atoms with Crippen LogP contribution in [0.2, 0.25) is 0 Å². The summed E-state index contributed by atoms with van der Waals surface area (Å²) in [6.07, 6.45) is 1.03. The van der Waals surface area contributed by atoms with Crippen molar-refractivity contribution in [2.75, 3.05) is 18.5 Å². The van der Waals surface area contributed by atoms with Gasteiger partial charge in [-0.05, 0) is 31.9 Å². The molecule has 0 amide bonds.